The smallest absolute Gasteiger partial charge is 0.350 e. The van der Waals surface area contributed by atoms with Crippen LogP contribution in [0.15, 0.2) is 17.3 Å². The third-order valence-corrected chi connectivity index (χ3v) is 11.3. The highest BCUT2D eigenvalue weighted by Gasteiger charge is 2.66. The van der Waals surface area contributed by atoms with Crippen LogP contribution in [0.2, 0.25) is 5.02 Å². The van der Waals surface area contributed by atoms with Gasteiger partial charge < -0.3 is 46.5 Å². The number of nitrogens with zero attached hydrogens (tertiary/aromatic N) is 5. The van der Waals surface area contributed by atoms with Crippen molar-refractivity contribution in [2.24, 2.45) is 5.16 Å². The number of rotatable bonds is 14. The number of halogens is 1. The van der Waals surface area contributed by atoms with Crippen molar-refractivity contribution in [2.75, 3.05) is 31.9 Å². The number of carbonyl (C=O) groups excluding carboxylic acids is 6. The van der Waals surface area contributed by atoms with Gasteiger partial charge >= 0.3 is 18.0 Å². The van der Waals surface area contributed by atoms with Gasteiger partial charge in [0.15, 0.2) is 22.3 Å². The van der Waals surface area contributed by atoms with Crippen LogP contribution in [0.5, 0.6) is 11.5 Å². The second-order valence-corrected chi connectivity index (χ2v) is 15.6. The topological polar surface area (TPSA) is 324 Å². The number of thioether (sulfide) groups is 1. The van der Waals surface area contributed by atoms with Gasteiger partial charge in [0.25, 0.3) is 17.6 Å². The summed E-state index contributed by atoms with van der Waals surface area (Å²) in [6, 6.07) is -0.254. The first-order valence-corrected chi connectivity index (χ1v) is 17.9. The number of phenolic OH excluding ortho intramolecular Hbond substituents is 2. The average Bonchev–Trinajstić information content (AvgIpc) is 3.78. The molecule has 3 aliphatic heterocycles. The van der Waals surface area contributed by atoms with Crippen molar-refractivity contribution >= 4 is 92.9 Å². The number of aromatic nitrogens is 1. The lowest BCUT2D eigenvalue weighted by atomic mass is 10.0. The van der Waals surface area contributed by atoms with E-state index in [2.05, 4.69) is 26.2 Å². The third kappa shape index (κ3) is 7.59. The molecule has 3 atom stereocenters. The molecule has 1 unspecified atom stereocenters. The molecule has 3 aliphatic rings. The fraction of sp³-hybridized carbons (Fsp3) is 0.400. The monoisotopic (exact) mass is 825 g/mol. The van der Waals surface area contributed by atoms with E-state index in [0.29, 0.717) is 16.6 Å². The van der Waals surface area contributed by atoms with Crippen LogP contribution in [0.25, 0.3) is 0 Å². The average molecular weight is 826 g/mol. The van der Waals surface area contributed by atoms with Crippen LogP contribution in [0.3, 0.4) is 0 Å². The summed E-state index contributed by atoms with van der Waals surface area (Å²) in [4.78, 5) is 112. The van der Waals surface area contributed by atoms with Crippen LogP contribution in [-0.4, -0.2) is 141 Å². The van der Waals surface area contributed by atoms with E-state index >= 15 is 0 Å². The van der Waals surface area contributed by atoms with E-state index in [9.17, 15) is 58.8 Å². The number of urea groups is 1. The van der Waals surface area contributed by atoms with Gasteiger partial charge in [-0.3, -0.25) is 34.3 Å². The number of hydrogen-bond acceptors (Lipinski definition) is 16. The number of nitrogens with two attached hydrogens (primary N) is 1. The van der Waals surface area contributed by atoms with Crippen LogP contribution in [0.4, 0.5) is 9.93 Å². The van der Waals surface area contributed by atoms with Gasteiger partial charge in [0.1, 0.15) is 17.1 Å². The summed E-state index contributed by atoms with van der Waals surface area (Å²) in [5, 5.41) is 46.8. The minimum absolute atomic E-state index is 0.0374. The van der Waals surface area contributed by atoms with Crippen molar-refractivity contribution in [1.29, 1.82) is 0 Å². The van der Waals surface area contributed by atoms with Crippen molar-refractivity contribution in [3.8, 4) is 11.5 Å². The number of carboxylic acid groups (broad SMARTS) is 2. The number of aromatic hydroxyl groups is 2. The summed E-state index contributed by atoms with van der Waals surface area (Å²) in [5.74, 6) is -9.11. The molecule has 55 heavy (non-hydrogen) atoms. The number of carbonyl (C=O) groups is 8. The van der Waals surface area contributed by atoms with Crippen LogP contribution >= 0.6 is 34.7 Å². The number of hydrazine groups is 1. The molecule has 3 saturated heterocycles. The normalized spacial score (nSPS) is 20.8. The molecule has 0 bridgehead atoms. The van der Waals surface area contributed by atoms with Gasteiger partial charge in [-0.15, -0.1) is 11.3 Å². The number of amides is 6. The Labute approximate surface area is 322 Å². The largest absolute Gasteiger partial charge is 0.504 e. The number of ketones is 1. The Balaban J connectivity index is 1.21. The molecular formula is C30H32ClN9O13S2. The summed E-state index contributed by atoms with van der Waals surface area (Å²) in [6.45, 7) is 2.72. The molecule has 1 aromatic heterocycles. The number of anilines is 1. The Morgan fingerprint density at radius 2 is 1.82 bits per heavy atom. The van der Waals surface area contributed by atoms with Gasteiger partial charge in [-0.05, 0) is 32.9 Å². The van der Waals surface area contributed by atoms with E-state index in [1.807, 2.05) is 0 Å². The minimum Gasteiger partial charge on any atom is -0.504 e. The maximum atomic E-state index is 13.5. The van der Waals surface area contributed by atoms with Crippen LogP contribution in [0.1, 0.15) is 41.2 Å². The lowest BCUT2D eigenvalue weighted by Crippen LogP contribution is -2.68. The number of thiazole rings is 1. The van der Waals surface area contributed by atoms with Crippen molar-refractivity contribution in [3.05, 3.63) is 33.3 Å². The number of phenols is 2. The number of fused-ring (bicyclic) bond motifs is 1. The van der Waals surface area contributed by atoms with E-state index in [0.717, 1.165) is 38.3 Å². The zero-order valence-corrected chi connectivity index (χ0v) is 31.2. The van der Waals surface area contributed by atoms with E-state index in [4.69, 9.17) is 22.2 Å². The molecule has 5 rings (SSSR count). The molecule has 0 aliphatic carbocycles. The molecule has 294 valence electrons. The number of aryl methyl sites for hydroxylation is 1. The quantitative estimate of drug-likeness (QED) is 0.0283. The zero-order chi connectivity index (χ0) is 40.7. The van der Waals surface area contributed by atoms with Crippen molar-refractivity contribution in [3.63, 3.8) is 0 Å². The standard InChI is InChI=1S/C30H32ClN9O13S2/c1-11-16(35-27(32)54-11)17(37-53-29(2,3)25(48)49)21(45)34-18-23(47)38-10-30(26(50)51,55-24(18)38)39-8-9-40(28(39)52)36-14(42)6-7-33-22(46)19(43)12-4-5-13(41)20(44)15(12)31/h4-5,18,24,41,44H,6-10H2,1-3H3,(H2,32,35)(H,33,46)(H,34,45)(H,36,42)(H,48,49)(H,50,51)/b37-17-/t18?,24-,30-/m1/s1. The predicted octanol–water partition coefficient (Wildman–Crippen LogP) is -0.979. The van der Waals surface area contributed by atoms with Gasteiger partial charge in [0.05, 0.1) is 23.7 Å². The minimum atomic E-state index is -2.04. The number of nitrogen functional groups attached to an aromatic ring is 1. The summed E-state index contributed by atoms with van der Waals surface area (Å²) in [7, 11) is 0. The number of carboxylic acids is 2. The van der Waals surface area contributed by atoms with Gasteiger partial charge in [-0.1, -0.05) is 28.5 Å². The Hall–Kier alpha value is -5.88. The van der Waals surface area contributed by atoms with E-state index in [-0.39, 0.29) is 30.5 Å². The highest BCUT2D eigenvalue weighted by Crippen LogP contribution is 2.49. The van der Waals surface area contributed by atoms with Crippen molar-refractivity contribution in [1.82, 2.24) is 35.9 Å². The first kappa shape index (κ1) is 40.3. The lowest BCUT2D eigenvalue weighted by Gasteiger charge is -2.41. The molecule has 3 fully saturated rings. The molecule has 4 heterocycles. The molecular weight excluding hydrogens is 794 g/mol. The molecule has 6 amide bonds. The molecule has 9 N–H and O–H groups in total. The van der Waals surface area contributed by atoms with Crippen LogP contribution < -0.4 is 21.8 Å². The number of aliphatic carboxylic acids is 2. The number of benzene rings is 1. The molecule has 0 radical (unpaired) electrons. The lowest BCUT2D eigenvalue weighted by molar-refractivity contribution is -0.161. The highest BCUT2D eigenvalue weighted by molar-refractivity contribution is 8.02. The Morgan fingerprint density at radius 1 is 1.13 bits per heavy atom. The maximum Gasteiger partial charge on any atom is 0.350 e. The fourth-order valence-corrected chi connectivity index (χ4v) is 8.02. The van der Waals surface area contributed by atoms with Gasteiger partial charge in [-0.25, -0.2) is 24.4 Å². The van der Waals surface area contributed by atoms with E-state index in [1.54, 1.807) is 6.92 Å². The summed E-state index contributed by atoms with van der Waals surface area (Å²) in [5.41, 5.74) is 5.29. The molecule has 1 aromatic carbocycles. The van der Waals surface area contributed by atoms with Gasteiger partial charge in [0.2, 0.25) is 22.3 Å². The number of oxime groups is 1. The third-order valence-electron chi connectivity index (χ3n) is 8.48. The first-order valence-electron chi connectivity index (χ1n) is 15.9. The second-order valence-electron chi connectivity index (χ2n) is 12.6. The molecule has 2 aromatic rings. The van der Waals surface area contributed by atoms with E-state index < -0.39 is 110 Å². The molecule has 25 heteroatoms. The highest BCUT2D eigenvalue weighted by atomic mass is 35.5. The number of nitrogens with one attached hydrogen (secondary N) is 3. The summed E-state index contributed by atoms with van der Waals surface area (Å²) >= 11 is 7.54. The zero-order valence-electron chi connectivity index (χ0n) is 28.8. The number of hydrogen-bond donors (Lipinski definition) is 8. The van der Waals surface area contributed by atoms with E-state index in [1.165, 1.54) is 13.8 Å². The van der Waals surface area contributed by atoms with Gasteiger partial charge in [-0.2, -0.15) is 0 Å². The Morgan fingerprint density at radius 3 is 2.44 bits per heavy atom. The maximum absolute atomic E-state index is 13.5. The van der Waals surface area contributed by atoms with Gasteiger partial charge in [0, 0.05) is 24.4 Å². The Bertz CT molecular complexity index is 2060. The molecule has 0 spiro atoms. The van der Waals surface area contributed by atoms with Crippen molar-refractivity contribution in [2.45, 2.75) is 49.1 Å². The number of β-lactam (4-membered cyclic amide) rings is 1. The van der Waals surface area contributed by atoms with Crippen LogP contribution in [0, 0.1) is 6.92 Å². The molecule has 22 nitrogen and oxygen atoms in total. The fourth-order valence-electron chi connectivity index (χ4n) is 5.45. The van der Waals surface area contributed by atoms with Crippen LogP contribution in [-0.2, 0) is 33.6 Å². The summed E-state index contributed by atoms with van der Waals surface area (Å²) < 4.78 is 0. The SMILES string of the molecule is Cc1sc(N)nc1/C(=N/OC(C)(C)C(=O)O)C(=O)NC1C(=O)N2C[C@@](C(=O)O)(N3CCN(NC(=O)CCNC(=O)C(=O)c4ccc(O)c(O)c4Cl)C3=O)S[C@H]12. The van der Waals surface area contributed by atoms with Crippen molar-refractivity contribution < 1.29 is 63.6 Å². The Kier molecular flexibility index (Phi) is 11.1. The summed E-state index contributed by atoms with van der Waals surface area (Å²) in [6.07, 6.45) is -0.431. The molecule has 0 saturated carbocycles. The second kappa shape index (κ2) is 15.1. The number of Topliss-reactive ketones (excluding diaryl/α,β-unsaturated/α-hetero) is 1. The predicted molar refractivity (Wildman–Crippen MR) is 190 cm³/mol. The first-order chi connectivity index (χ1) is 25.7.